The second-order valence-electron chi connectivity index (χ2n) is 5.07. The Labute approximate surface area is 118 Å². The van der Waals surface area contributed by atoms with Crippen molar-refractivity contribution in [3.8, 4) is 0 Å². The zero-order valence-electron chi connectivity index (χ0n) is 11.9. The Morgan fingerprint density at radius 3 is 2.85 bits per heavy atom. The summed E-state index contributed by atoms with van der Waals surface area (Å²) >= 11 is 0. The summed E-state index contributed by atoms with van der Waals surface area (Å²) in [7, 11) is 0. The standard InChI is InChI=1S/C14H21N3O3/c1-11-13(20-10-16-11)14(19)17-8-5-3-2-4-7-15-12(18)6-9-17/h10H,2-9H2,1H3,(H,15,18). The molecule has 6 heteroatoms. The zero-order chi connectivity index (χ0) is 14.4. The fraction of sp³-hybridized carbons (Fsp3) is 0.643. The number of nitrogens with one attached hydrogen (secondary N) is 1. The summed E-state index contributed by atoms with van der Waals surface area (Å²) in [6.45, 7) is 3.56. The Morgan fingerprint density at radius 1 is 1.30 bits per heavy atom. The van der Waals surface area contributed by atoms with Crippen LogP contribution < -0.4 is 5.32 Å². The number of oxazole rings is 1. The number of hydrogen-bond donors (Lipinski definition) is 1. The van der Waals surface area contributed by atoms with Gasteiger partial charge >= 0.3 is 0 Å². The molecule has 20 heavy (non-hydrogen) atoms. The van der Waals surface area contributed by atoms with Crippen molar-refractivity contribution >= 4 is 11.8 Å². The summed E-state index contributed by atoms with van der Waals surface area (Å²) in [6, 6.07) is 0. The molecule has 0 unspecified atom stereocenters. The van der Waals surface area contributed by atoms with Crippen molar-refractivity contribution in [2.24, 2.45) is 0 Å². The predicted octanol–water partition coefficient (Wildman–Crippen LogP) is 1.51. The Hall–Kier alpha value is -1.85. The summed E-state index contributed by atoms with van der Waals surface area (Å²) in [5, 5.41) is 2.87. The van der Waals surface area contributed by atoms with Crippen molar-refractivity contribution in [2.75, 3.05) is 19.6 Å². The molecule has 1 aliphatic rings. The van der Waals surface area contributed by atoms with E-state index in [9.17, 15) is 9.59 Å². The molecule has 1 aliphatic heterocycles. The number of aromatic nitrogens is 1. The largest absolute Gasteiger partial charge is 0.438 e. The molecule has 0 aromatic carbocycles. The zero-order valence-corrected chi connectivity index (χ0v) is 11.9. The van der Waals surface area contributed by atoms with E-state index in [0.717, 1.165) is 32.2 Å². The number of aryl methyl sites for hydroxylation is 1. The van der Waals surface area contributed by atoms with E-state index in [2.05, 4.69) is 10.3 Å². The van der Waals surface area contributed by atoms with Crippen molar-refractivity contribution in [1.82, 2.24) is 15.2 Å². The van der Waals surface area contributed by atoms with E-state index in [1.807, 2.05) is 0 Å². The molecule has 1 aromatic heterocycles. The highest BCUT2D eigenvalue weighted by atomic mass is 16.3. The lowest BCUT2D eigenvalue weighted by atomic mass is 10.2. The maximum Gasteiger partial charge on any atom is 0.291 e. The fourth-order valence-electron chi connectivity index (χ4n) is 2.30. The van der Waals surface area contributed by atoms with E-state index in [1.54, 1.807) is 11.8 Å². The average molecular weight is 279 g/mol. The molecule has 0 aliphatic carbocycles. The van der Waals surface area contributed by atoms with E-state index >= 15 is 0 Å². The monoisotopic (exact) mass is 279 g/mol. The van der Waals surface area contributed by atoms with Crippen LogP contribution in [0.5, 0.6) is 0 Å². The minimum atomic E-state index is -0.174. The van der Waals surface area contributed by atoms with Crippen LogP contribution in [0, 0.1) is 6.92 Å². The first kappa shape index (κ1) is 14.6. The van der Waals surface area contributed by atoms with Gasteiger partial charge in [-0.2, -0.15) is 0 Å². The van der Waals surface area contributed by atoms with Gasteiger partial charge in [0.05, 0.1) is 5.69 Å². The van der Waals surface area contributed by atoms with Crippen molar-refractivity contribution in [3.05, 3.63) is 17.8 Å². The lowest BCUT2D eigenvalue weighted by Crippen LogP contribution is -2.36. The molecule has 1 N–H and O–H groups in total. The first-order chi connectivity index (χ1) is 9.68. The van der Waals surface area contributed by atoms with Gasteiger partial charge in [0.2, 0.25) is 11.7 Å². The lowest BCUT2D eigenvalue weighted by molar-refractivity contribution is -0.121. The van der Waals surface area contributed by atoms with Gasteiger partial charge in [-0.1, -0.05) is 12.8 Å². The van der Waals surface area contributed by atoms with Crippen LogP contribution in [0.3, 0.4) is 0 Å². The van der Waals surface area contributed by atoms with Crippen LogP contribution in [-0.2, 0) is 4.79 Å². The molecule has 1 saturated heterocycles. The van der Waals surface area contributed by atoms with Gasteiger partial charge in [0.1, 0.15) is 0 Å². The highest BCUT2D eigenvalue weighted by Gasteiger charge is 2.22. The molecule has 6 nitrogen and oxygen atoms in total. The number of nitrogens with zero attached hydrogens (tertiary/aromatic N) is 2. The first-order valence-corrected chi connectivity index (χ1v) is 7.14. The second kappa shape index (κ2) is 7.07. The minimum absolute atomic E-state index is 0.000933. The molecule has 1 fully saturated rings. The number of amides is 2. The first-order valence-electron chi connectivity index (χ1n) is 7.14. The molecule has 1 aromatic rings. The van der Waals surface area contributed by atoms with E-state index < -0.39 is 0 Å². The maximum atomic E-state index is 12.4. The molecule has 110 valence electrons. The SMILES string of the molecule is Cc1ncoc1C(=O)N1CCCCCCNC(=O)CC1. The maximum absolute atomic E-state index is 12.4. The smallest absolute Gasteiger partial charge is 0.291 e. The Kier molecular flexibility index (Phi) is 5.15. The van der Waals surface area contributed by atoms with Gasteiger partial charge in [-0.25, -0.2) is 4.98 Å². The summed E-state index contributed by atoms with van der Waals surface area (Å²) in [4.78, 5) is 29.7. The third kappa shape index (κ3) is 3.82. The van der Waals surface area contributed by atoms with Crippen LogP contribution >= 0.6 is 0 Å². The van der Waals surface area contributed by atoms with E-state index in [4.69, 9.17) is 4.42 Å². The van der Waals surface area contributed by atoms with Gasteiger partial charge < -0.3 is 14.6 Å². The summed E-state index contributed by atoms with van der Waals surface area (Å²) in [5.74, 6) is 0.103. The minimum Gasteiger partial charge on any atom is -0.438 e. The topological polar surface area (TPSA) is 75.4 Å². The van der Waals surface area contributed by atoms with Crippen molar-refractivity contribution in [1.29, 1.82) is 0 Å². The second-order valence-corrected chi connectivity index (χ2v) is 5.07. The quantitative estimate of drug-likeness (QED) is 0.845. The Bertz CT molecular complexity index is 470. The Balaban J connectivity index is 2.04. The number of carbonyl (C=O) groups excluding carboxylic acids is 2. The lowest BCUT2D eigenvalue weighted by Gasteiger charge is -2.21. The molecule has 0 bridgehead atoms. The van der Waals surface area contributed by atoms with Crippen molar-refractivity contribution in [2.45, 2.75) is 39.0 Å². The predicted molar refractivity (Wildman–Crippen MR) is 73.2 cm³/mol. The molecular weight excluding hydrogens is 258 g/mol. The molecule has 2 heterocycles. The van der Waals surface area contributed by atoms with E-state index in [1.165, 1.54) is 6.39 Å². The number of hydrogen-bond acceptors (Lipinski definition) is 4. The molecule has 0 saturated carbocycles. The van der Waals surface area contributed by atoms with Crippen LogP contribution in [0.4, 0.5) is 0 Å². The van der Waals surface area contributed by atoms with Gasteiger partial charge in [0.25, 0.3) is 5.91 Å². The van der Waals surface area contributed by atoms with Crippen molar-refractivity contribution < 1.29 is 14.0 Å². The molecule has 0 atom stereocenters. The van der Waals surface area contributed by atoms with Gasteiger partial charge in [0, 0.05) is 26.1 Å². The third-order valence-electron chi connectivity index (χ3n) is 3.51. The van der Waals surface area contributed by atoms with Crippen LogP contribution in [0.1, 0.15) is 48.4 Å². The summed E-state index contributed by atoms with van der Waals surface area (Å²) in [5.41, 5.74) is 0.591. The van der Waals surface area contributed by atoms with E-state index in [0.29, 0.717) is 25.2 Å². The Morgan fingerprint density at radius 2 is 2.10 bits per heavy atom. The molecule has 0 spiro atoms. The van der Waals surface area contributed by atoms with Gasteiger partial charge in [-0.3, -0.25) is 9.59 Å². The molecule has 2 amide bonds. The van der Waals surface area contributed by atoms with Crippen LogP contribution in [-0.4, -0.2) is 41.3 Å². The molecule has 0 radical (unpaired) electrons. The molecular formula is C14H21N3O3. The van der Waals surface area contributed by atoms with Gasteiger partial charge in [-0.15, -0.1) is 0 Å². The van der Waals surface area contributed by atoms with Gasteiger partial charge in [0.15, 0.2) is 6.39 Å². The van der Waals surface area contributed by atoms with Crippen LogP contribution in [0.2, 0.25) is 0 Å². The summed E-state index contributed by atoms with van der Waals surface area (Å²) in [6.07, 6.45) is 5.70. The number of carbonyl (C=O) groups is 2. The highest BCUT2D eigenvalue weighted by molar-refractivity contribution is 5.92. The molecule has 2 rings (SSSR count). The van der Waals surface area contributed by atoms with E-state index in [-0.39, 0.29) is 17.6 Å². The number of rotatable bonds is 1. The fourth-order valence-corrected chi connectivity index (χ4v) is 2.30. The van der Waals surface area contributed by atoms with Crippen molar-refractivity contribution in [3.63, 3.8) is 0 Å². The van der Waals surface area contributed by atoms with Gasteiger partial charge in [-0.05, 0) is 19.8 Å². The average Bonchev–Trinajstić information content (AvgIpc) is 2.83. The normalized spacial score (nSPS) is 18.2. The summed E-state index contributed by atoms with van der Waals surface area (Å²) < 4.78 is 5.16. The third-order valence-corrected chi connectivity index (χ3v) is 3.51. The highest BCUT2D eigenvalue weighted by Crippen LogP contribution is 2.12. The van der Waals surface area contributed by atoms with Crippen LogP contribution in [0.25, 0.3) is 0 Å². The van der Waals surface area contributed by atoms with Crippen LogP contribution in [0.15, 0.2) is 10.8 Å².